The minimum absolute atomic E-state index is 0.00513. The average Bonchev–Trinajstić information content (AvgIpc) is 2.83. The number of carbonyl (C=O) groups excluding carboxylic acids is 2. The monoisotopic (exact) mass is 323 g/mol. The molecule has 1 aromatic carbocycles. The quantitative estimate of drug-likeness (QED) is 0.805. The van der Waals surface area contributed by atoms with E-state index in [0.29, 0.717) is 12.0 Å². The Morgan fingerprint density at radius 1 is 1.18 bits per heavy atom. The summed E-state index contributed by atoms with van der Waals surface area (Å²) in [4.78, 5) is 23.8. The molecule has 2 rings (SSSR count). The second-order valence-electron chi connectivity index (χ2n) is 5.64. The van der Waals surface area contributed by atoms with Crippen molar-refractivity contribution < 1.29 is 18.0 Å². The first-order chi connectivity index (χ1) is 10.4. The van der Waals surface area contributed by atoms with E-state index in [1.54, 1.807) is 12.1 Å². The molecule has 0 aliphatic carbocycles. The van der Waals surface area contributed by atoms with Gasteiger partial charge in [0, 0.05) is 24.4 Å². The van der Waals surface area contributed by atoms with Crippen LogP contribution in [0.25, 0.3) is 0 Å². The second kappa shape index (κ2) is 7.05. The molecule has 120 valence electrons. The molecule has 0 bridgehead atoms. The fourth-order valence-electron chi connectivity index (χ4n) is 2.51. The molecule has 1 atom stereocenters. The minimum atomic E-state index is -3.00. The molecule has 1 amide bonds. The van der Waals surface area contributed by atoms with Crippen molar-refractivity contribution in [2.45, 2.75) is 38.6 Å². The van der Waals surface area contributed by atoms with Gasteiger partial charge in [-0.1, -0.05) is 31.2 Å². The van der Waals surface area contributed by atoms with Crippen LogP contribution in [-0.4, -0.2) is 37.7 Å². The van der Waals surface area contributed by atoms with E-state index < -0.39 is 9.84 Å². The van der Waals surface area contributed by atoms with Crippen molar-refractivity contribution in [3.8, 4) is 0 Å². The Morgan fingerprint density at radius 3 is 2.41 bits per heavy atom. The summed E-state index contributed by atoms with van der Waals surface area (Å²) >= 11 is 0. The Hall–Kier alpha value is -1.69. The third-order valence-electron chi connectivity index (χ3n) is 3.86. The lowest BCUT2D eigenvalue weighted by atomic mass is 10.0. The topological polar surface area (TPSA) is 80.3 Å². The van der Waals surface area contributed by atoms with Gasteiger partial charge in [0.2, 0.25) is 5.91 Å². The molecule has 22 heavy (non-hydrogen) atoms. The van der Waals surface area contributed by atoms with Crippen molar-refractivity contribution in [3.05, 3.63) is 35.4 Å². The van der Waals surface area contributed by atoms with E-state index >= 15 is 0 Å². The molecular weight excluding hydrogens is 302 g/mol. The maximum absolute atomic E-state index is 12.0. The molecule has 1 saturated heterocycles. The summed E-state index contributed by atoms with van der Waals surface area (Å²) in [6.45, 7) is 2.05. The van der Waals surface area contributed by atoms with Crippen LogP contribution in [0.5, 0.6) is 0 Å². The molecule has 1 N–H and O–H groups in total. The predicted molar refractivity (Wildman–Crippen MR) is 84.6 cm³/mol. The van der Waals surface area contributed by atoms with Crippen LogP contribution in [0.15, 0.2) is 24.3 Å². The van der Waals surface area contributed by atoms with Crippen LogP contribution in [0.1, 0.15) is 42.1 Å². The first-order valence-electron chi connectivity index (χ1n) is 7.51. The van der Waals surface area contributed by atoms with Crippen LogP contribution in [-0.2, 0) is 21.1 Å². The van der Waals surface area contributed by atoms with E-state index in [2.05, 4.69) is 5.32 Å². The van der Waals surface area contributed by atoms with E-state index in [9.17, 15) is 18.0 Å². The maximum atomic E-state index is 12.0. The number of sulfone groups is 1. The highest BCUT2D eigenvalue weighted by atomic mass is 32.2. The molecule has 5 nitrogen and oxygen atoms in total. The average molecular weight is 323 g/mol. The zero-order chi connectivity index (χ0) is 16.2. The number of aryl methyl sites for hydroxylation is 1. The van der Waals surface area contributed by atoms with Gasteiger partial charge in [0.25, 0.3) is 0 Å². The van der Waals surface area contributed by atoms with E-state index in [0.717, 1.165) is 12.0 Å². The van der Waals surface area contributed by atoms with Crippen molar-refractivity contribution in [1.82, 2.24) is 5.32 Å². The summed E-state index contributed by atoms with van der Waals surface area (Å²) in [5.74, 6) is -0.205. The third-order valence-corrected chi connectivity index (χ3v) is 5.63. The lowest BCUT2D eigenvalue weighted by Gasteiger charge is -2.10. The summed E-state index contributed by atoms with van der Waals surface area (Å²) in [5, 5.41) is 2.69. The SMILES string of the molecule is CCc1ccc(C(=O)CCC(=O)NC2CCS(=O)(=O)C2)cc1. The molecule has 1 heterocycles. The van der Waals surface area contributed by atoms with Gasteiger partial charge < -0.3 is 5.32 Å². The van der Waals surface area contributed by atoms with E-state index in [4.69, 9.17) is 0 Å². The maximum Gasteiger partial charge on any atom is 0.220 e. The smallest absolute Gasteiger partial charge is 0.220 e. The molecule has 1 unspecified atom stereocenters. The summed E-state index contributed by atoms with van der Waals surface area (Å²) < 4.78 is 22.6. The fourth-order valence-corrected chi connectivity index (χ4v) is 4.18. The summed E-state index contributed by atoms with van der Waals surface area (Å²) in [5.41, 5.74) is 1.77. The fraction of sp³-hybridized carbons (Fsp3) is 0.500. The zero-order valence-corrected chi connectivity index (χ0v) is 13.5. The minimum Gasteiger partial charge on any atom is -0.352 e. The van der Waals surface area contributed by atoms with Gasteiger partial charge in [-0.25, -0.2) is 8.42 Å². The number of benzene rings is 1. The Bertz CT molecular complexity index is 649. The lowest BCUT2D eigenvalue weighted by Crippen LogP contribution is -2.35. The van der Waals surface area contributed by atoms with Gasteiger partial charge in [-0.2, -0.15) is 0 Å². The molecule has 0 aromatic heterocycles. The molecule has 0 spiro atoms. The number of Topliss-reactive ketones (excluding diaryl/α,β-unsaturated/α-hetero) is 1. The number of carbonyl (C=O) groups is 2. The van der Waals surface area contributed by atoms with Gasteiger partial charge in [0.1, 0.15) is 0 Å². The number of amides is 1. The molecule has 0 radical (unpaired) electrons. The van der Waals surface area contributed by atoms with Gasteiger partial charge in [-0.3, -0.25) is 9.59 Å². The number of ketones is 1. The predicted octanol–water partition coefficient (Wildman–Crippen LogP) is 1.52. The van der Waals surface area contributed by atoms with Crippen LogP contribution >= 0.6 is 0 Å². The Balaban J connectivity index is 1.79. The molecule has 0 saturated carbocycles. The van der Waals surface area contributed by atoms with Gasteiger partial charge in [-0.05, 0) is 18.4 Å². The van der Waals surface area contributed by atoms with E-state index in [1.807, 2.05) is 19.1 Å². The molecular formula is C16H21NO4S. The molecule has 1 aliphatic rings. The van der Waals surface area contributed by atoms with Gasteiger partial charge >= 0.3 is 0 Å². The Morgan fingerprint density at radius 2 is 1.86 bits per heavy atom. The third kappa shape index (κ3) is 4.66. The standard InChI is InChI=1S/C16H21NO4S/c1-2-12-3-5-13(6-4-12)15(18)7-8-16(19)17-14-9-10-22(20,21)11-14/h3-6,14H,2,7-11H2,1H3,(H,17,19). The van der Waals surface area contributed by atoms with Crippen molar-refractivity contribution in [2.24, 2.45) is 0 Å². The molecule has 1 aromatic rings. The van der Waals surface area contributed by atoms with Crippen molar-refractivity contribution in [2.75, 3.05) is 11.5 Å². The van der Waals surface area contributed by atoms with Crippen molar-refractivity contribution >= 4 is 21.5 Å². The zero-order valence-electron chi connectivity index (χ0n) is 12.7. The summed E-state index contributed by atoms with van der Waals surface area (Å²) in [6, 6.07) is 7.08. The van der Waals surface area contributed by atoms with Crippen LogP contribution in [0.4, 0.5) is 0 Å². The largest absolute Gasteiger partial charge is 0.352 e. The second-order valence-corrected chi connectivity index (χ2v) is 7.87. The highest BCUT2D eigenvalue weighted by Crippen LogP contribution is 2.12. The molecule has 1 fully saturated rings. The van der Waals surface area contributed by atoms with Gasteiger partial charge in [0.15, 0.2) is 15.6 Å². The van der Waals surface area contributed by atoms with Gasteiger partial charge in [-0.15, -0.1) is 0 Å². The van der Waals surface area contributed by atoms with Gasteiger partial charge in [0.05, 0.1) is 11.5 Å². The number of rotatable bonds is 6. The number of nitrogens with one attached hydrogen (secondary N) is 1. The molecule has 6 heteroatoms. The highest BCUT2D eigenvalue weighted by Gasteiger charge is 2.28. The number of hydrogen-bond acceptors (Lipinski definition) is 4. The van der Waals surface area contributed by atoms with Crippen LogP contribution in [0.3, 0.4) is 0 Å². The first kappa shape index (κ1) is 16.7. The van der Waals surface area contributed by atoms with Crippen LogP contribution in [0.2, 0.25) is 0 Å². The Labute approximate surface area is 131 Å². The Kier molecular flexibility index (Phi) is 5.34. The summed E-state index contributed by atoms with van der Waals surface area (Å²) in [7, 11) is -3.00. The van der Waals surface area contributed by atoms with Crippen molar-refractivity contribution in [3.63, 3.8) is 0 Å². The van der Waals surface area contributed by atoms with Crippen LogP contribution in [0, 0.1) is 0 Å². The normalized spacial score (nSPS) is 19.8. The van der Waals surface area contributed by atoms with E-state index in [1.165, 1.54) is 0 Å². The van der Waals surface area contributed by atoms with Crippen LogP contribution < -0.4 is 5.32 Å². The van der Waals surface area contributed by atoms with E-state index in [-0.39, 0.29) is 42.1 Å². The molecule has 1 aliphatic heterocycles. The first-order valence-corrected chi connectivity index (χ1v) is 9.33. The lowest BCUT2D eigenvalue weighted by molar-refractivity contribution is -0.121. The summed E-state index contributed by atoms with van der Waals surface area (Å²) in [6.07, 6.45) is 1.60. The highest BCUT2D eigenvalue weighted by molar-refractivity contribution is 7.91. The van der Waals surface area contributed by atoms with Crippen molar-refractivity contribution in [1.29, 1.82) is 0 Å². The number of hydrogen-bond donors (Lipinski definition) is 1.